The van der Waals surface area contributed by atoms with Crippen molar-refractivity contribution in [3.63, 3.8) is 0 Å². The van der Waals surface area contributed by atoms with Crippen molar-refractivity contribution in [2.24, 2.45) is 0 Å². The van der Waals surface area contributed by atoms with Gasteiger partial charge in [0, 0.05) is 6.07 Å². The molecule has 30 heavy (non-hydrogen) atoms. The van der Waals surface area contributed by atoms with Crippen LogP contribution in [-0.2, 0) is 31.6 Å². The molecule has 0 amide bonds. The fourth-order valence-corrected chi connectivity index (χ4v) is 5.36. The topological polar surface area (TPSA) is 222 Å². The highest BCUT2D eigenvalue weighted by atomic mass is 31.3. The first-order chi connectivity index (χ1) is 13.5. The number of phosphoric acid groups is 3. The molecule has 1 aliphatic rings. The number of hydrogen-bond acceptors (Lipinski definition) is 9. The first-order valence-corrected chi connectivity index (χ1v) is 11.9. The zero-order valence-electron chi connectivity index (χ0n) is 14.1. The predicted octanol–water partition coefficient (Wildman–Crippen LogP) is 0.135. The second kappa shape index (κ2) is 8.90. The number of aliphatic hydroxyl groups excluding tert-OH is 1. The number of aromatic nitrogens is 1. The summed E-state index contributed by atoms with van der Waals surface area (Å²) in [5.74, 6) is -3.11. The molecule has 20 heteroatoms. The molecule has 172 valence electrons. The van der Waals surface area contributed by atoms with Gasteiger partial charge in [0.25, 0.3) is 5.56 Å². The molecular weight excluding hydrogens is 492 g/mol. The minimum atomic E-state index is -5.81. The van der Waals surface area contributed by atoms with E-state index in [4.69, 9.17) is 19.4 Å². The van der Waals surface area contributed by atoms with Crippen LogP contribution in [0.15, 0.2) is 10.9 Å². The van der Waals surface area contributed by atoms with E-state index in [9.17, 15) is 41.7 Å². The largest absolute Gasteiger partial charge is 0.490 e. The van der Waals surface area contributed by atoms with Crippen molar-refractivity contribution in [2.75, 3.05) is 6.61 Å². The lowest BCUT2D eigenvalue weighted by Gasteiger charge is -2.19. The van der Waals surface area contributed by atoms with Crippen molar-refractivity contribution in [1.82, 2.24) is 4.98 Å². The third kappa shape index (κ3) is 6.53. The third-order valence-corrected chi connectivity index (χ3v) is 7.21. The van der Waals surface area contributed by atoms with E-state index >= 15 is 0 Å². The minimum absolute atomic E-state index is 0.278. The van der Waals surface area contributed by atoms with Crippen molar-refractivity contribution in [2.45, 2.75) is 24.5 Å². The smallest absolute Gasteiger partial charge is 0.387 e. The molecule has 0 radical (unpaired) electrons. The molecule has 1 saturated heterocycles. The van der Waals surface area contributed by atoms with Gasteiger partial charge in [0.1, 0.15) is 24.1 Å². The molecule has 0 bridgehead atoms. The van der Waals surface area contributed by atoms with Gasteiger partial charge in [0.2, 0.25) is 5.95 Å². The van der Waals surface area contributed by atoms with Crippen LogP contribution in [0.5, 0.6) is 0 Å². The van der Waals surface area contributed by atoms with Gasteiger partial charge in [0.15, 0.2) is 6.17 Å². The van der Waals surface area contributed by atoms with Crippen LogP contribution in [0.1, 0.15) is 11.7 Å². The lowest BCUT2D eigenvalue weighted by Crippen LogP contribution is -2.31. The Bertz CT molecular complexity index is 971. The van der Waals surface area contributed by atoms with Gasteiger partial charge in [-0.1, -0.05) is 0 Å². The summed E-state index contributed by atoms with van der Waals surface area (Å²) in [6, 6.07) is 0.278. The standard InChI is InChI=1S/C10H13F3NO13P3/c11-3-1-5(15)14-10(13)6(3)9-7(12)8(16)4(25-9)2-24-29(20,21)27-30(22,23)26-28(17,18)19/h1,4,7-9,16H,2H2,(H,14,15)(H,20,21)(H,22,23)(H2,17,18,19)/t4-,7+,8?,9+/m1/s1. The second-order valence-corrected chi connectivity index (χ2v) is 10.0. The van der Waals surface area contributed by atoms with Crippen LogP contribution in [0, 0.1) is 11.8 Å². The molecule has 0 aromatic carbocycles. The third-order valence-electron chi connectivity index (χ3n) is 3.40. The number of halogens is 3. The highest BCUT2D eigenvalue weighted by Crippen LogP contribution is 2.66. The van der Waals surface area contributed by atoms with Gasteiger partial charge in [-0.3, -0.25) is 14.3 Å². The molecule has 1 fully saturated rings. The highest BCUT2D eigenvalue weighted by Gasteiger charge is 2.48. The summed E-state index contributed by atoms with van der Waals surface area (Å²) in [6.07, 6.45) is -8.69. The molecule has 0 aliphatic carbocycles. The summed E-state index contributed by atoms with van der Waals surface area (Å²) >= 11 is 0. The maximum absolute atomic E-state index is 14.2. The molecule has 6 atom stereocenters. The fourth-order valence-electron chi connectivity index (χ4n) is 2.33. The van der Waals surface area contributed by atoms with Crippen LogP contribution in [-0.4, -0.2) is 54.7 Å². The number of H-pyrrole nitrogens is 1. The number of aromatic amines is 1. The minimum Gasteiger partial charge on any atom is -0.387 e. The van der Waals surface area contributed by atoms with Crippen LogP contribution in [0.2, 0.25) is 0 Å². The molecule has 0 spiro atoms. The van der Waals surface area contributed by atoms with Crippen molar-refractivity contribution in [1.29, 1.82) is 0 Å². The summed E-state index contributed by atoms with van der Waals surface area (Å²) in [4.78, 5) is 47.7. The van der Waals surface area contributed by atoms with Crippen molar-refractivity contribution < 1.29 is 69.4 Å². The number of aliphatic hydroxyl groups is 1. The zero-order valence-corrected chi connectivity index (χ0v) is 16.8. The Labute approximate surface area is 163 Å². The molecule has 2 heterocycles. The van der Waals surface area contributed by atoms with Gasteiger partial charge in [-0.05, 0) is 0 Å². The van der Waals surface area contributed by atoms with Crippen LogP contribution in [0.3, 0.4) is 0 Å². The van der Waals surface area contributed by atoms with Gasteiger partial charge in [-0.2, -0.15) is 13.0 Å². The maximum atomic E-state index is 14.2. The molecule has 1 aromatic rings. The summed E-state index contributed by atoms with van der Waals surface area (Å²) in [7, 11) is -17.0. The molecule has 14 nitrogen and oxygen atoms in total. The summed E-state index contributed by atoms with van der Waals surface area (Å²) in [5, 5.41) is 9.77. The van der Waals surface area contributed by atoms with Gasteiger partial charge in [-0.25, -0.2) is 22.5 Å². The summed E-state index contributed by atoms with van der Waals surface area (Å²) in [5.41, 5.74) is -2.28. The molecule has 1 aromatic heterocycles. The Kier molecular flexibility index (Phi) is 7.52. The number of rotatable bonds is 8. The van der Waals surface area contributed by atoms with E-state index in [1.165, 1.54) is 0 Å². The first-order valence-electron chi connectivity index (χ1n) is 7.35. The lowest BCUT2D eigenvalue weighted by molar-refractivity contribution is -0.0240. The van der Waals surface area contributed by atoms with E-state index in [1.54, 1.807) is 4.98 Å². The number of pyridine rings is 1. The number of hydrogen-bond donors (Lipinski definition) is 6. The van der Waals surface area contributed by atoms with Crippen molar-refractivity contribution in [3.8, 4) is 0 Å². The van der Waals surface area contributed by atoms with E-state index in [0.717, 1.165) is 0 Å². The number of nitrogens with one attached hydrogen (secondary N) is 1. The monoisotopic (exact) mass is 505 g/mol. The van der Waals surface area contributed by atoms with Crippen LogP contribution in [0.25, 0.3) is 0 Å². The average Bonchev–Trinajstić information content (AvgIpc) is 2.77. The Hall–Kier alpha value is -0.930. The van der Waals surface area contributed by atoms with E-state index in [2.05, 4.69) is 13.1 Å². The lowest BCUT2D eigenvalue weighted by atomic mass is 10.0. The van der Waals surface area contributed by atoms with Gasteiger partial charge >= 0.3 is 23.5 Å². The molecule has 3 unspecified atom stereocenters. The van der Waals surface area contributed by atoms with E-state index in [-0.39, 0.29) is 6.07 Å². The number of ether oxygens (including phenoxy) is 1. The predicted molar refractivity (Wildman–Crippen MR) is 85.3 cm³/mol. The Morgan fingerprint density at radius 2 is 1.70 bits per heavy atom. The summed E-state index contributed by atoms with van der Waals surface area (Å²) < 4.78 is 91.1. The second-order valence-electron chi connectivity index (χ2n) is 5.63. The molecule has 2 rings (SSSR count). The maximum Gasteiger partial charge on any atom is 0.490 e. The molecule has 0 saturated carbocycles. The normalized spacial score (nSPS) is 28.8. The fraction of sp³-hybridized carbons (Fsp3) is 0.500. The summed E-state index contributed by atoms with van der Waals surface area (Å²) in [6.45, 7) is -1.26. The van der Waals surface area contributed by atoms with E-state index in [1.807, 2.05) is 0 Å². The Morgan fingerprint density at radius 3 is 2.23 bits per heavy atom. The molecule has 6 N–H and O–H groups in total. The van der Waals surface area contributed by atoms with E-state index < -0.39 is 77.4 Å². The van der Waals surface area contributed by atoms with Crippen LogP contribution in [0.4, 0.5) is 13.2 Å². The SMILES string of the molecule is O=c1cc(F)c([C@@H]2O[C@H](COP(=O)(O)OP(=O)(O)OP(=O)(O)O)C(O)[C@@H]2F)c(F)[nH]1. The number of phosphoric ester groups is 1. The quantitative estimate of drug-likeness (QED) is 0.205. The van der Waals surface area contributed by atoms with Crippen molar-refractivity contribution in [3.05, 3.63) is 33.7 Å². The average molecular weight is 505 g/mol. The van der Waals surface area contributed by atoms with Crippen LogP contribution >= 0.6 is 23.5 Å². The Balaban J connectivity index is 2.10. The van der Waals surface area contributed by atoms with Gasteiger partial charge < -0.3 is 29.4 Å². The van der Waals surface area contributed by atoms with Gasteiger partial charge in [0.05, 0.1) is 12.2 Å². The van der Waals surface area contributed by atoms with Crippen molar-refractivity contribution >= 4 is 23.5 Å². The van der Waals surface area contributed by atoms with E-state index in [0.29, 0.717) is 0 Å². The Morgan fingerprint density at radius 1 is 1.10 bits per heavy atom. The zero-order chi connectivity index (χ0) is 23.1. The highest BCUT2D eigenvalue weighted by molar-refractivity contribution is 7.66. The molecule has 1 aliphatic heterocycles. The first kappa shape index (κ1) is 25.3. The molecular formula is C10H13F3NO13P3. The van der Waals surface area contributed by atoms with Crippen LogP contribution < -0.4 is 5.56 Å². The number of alkyl halides is 1. The van der Waals surface area contributed by atoms with Gasteiger partial charge in [-0.15, -0.1) is 0 Å².